The summed E-state index contributed by atoms with van der Waals surface area (Å²) in [5, 5.41) is 49.0. The Labute approximate surface area is 608 Å². The van der Waals surface area contributed by atoms with Gasteiger partial charge in [-0.3, -0.25) is 0 Å². The molecule has 7 heterocycles. The number of esters is 2. The van der Waals surface area contributed by atoms with Crippen molar-refractivity contribution in [3.8, 4) is 5.75 Å². The van der Waals surface area contributed by atoms with Crippen molar-refractivity contribution in [2.75, 3.05) is 92.3 Å². The van der Waals surface area contributed by atoms with Crippen LogP contribution in [0.4, 0.5) is 75.4 Å². The number of nitrogens with one attached hydrogen (secondary N) is 2. The molecule has 0 spiro atoms. The third kappa shape index (κ3) is 22.8. The topological polar surface area (TPSA) is 246 Å². The maximum Gasteiger partial charge on any atom is 0.416 e. The van der Waals surface area contributed by atoms with Gasteiger partial charge in [0.05, 0.1) is 55.2 Å². The van der Waals surface area contributed by atoms with Crippen LogP contribution in [0.1, 0.15) is 124 Å². The SMILES string of the molecule is CCOC(=O)c1n[nH]nc1SC1CCN(c2ccc(C(F)(F)F)cc2)CC1.CCOC(=O)c1nnn(Cc2ccc(OC)cc2)c1SC1CCN(c2ccc(C(F)(F)F)cc2)CC1.O=C(O)c1n[nH]nc1SC1CCN(c2ccc(C(F)(F)F)cc2)CC1.OC1CCN(c2ccc(C(F)(F)F)cc2)CC1. The van der Waals surface area contributed by atoms with Crippen molar-refractivity contribution in [3.63, 3.8) is 0 Å². The summed E-state index contributed by atoms with van der Waals surface area (Å²) in [4.78, 5) is 43.6. The Bertz CT molecular complexity index is 4040. The number of carbonyl (C=O) groups is 3. The maximum atomic E-state index is 12.9. The van der Waals surface area contributed by atoms with Gasteiger partial charge in [0.2, 0.25) is 17.1 Å². The summed E-state index contributed by atoms with van der Waals surface area (Å²) in [6.07, 6.45) is -11.4. The quantitative estimate of drug-likeness (QED) is 0.0461. The first-order valence-electron chi connectivity index (χ1n) is 33.3. The largest absolute Gasteiger partial charge is 0.497 e. The number of benzene rings is 5. The van der Waals surface area contributed by atoms with Gasteiger partial charge in [0.15, 0.2) is 10.1 Å². The molecule has 0 saturated carbocycles. The number of aliphatic hydroxyl groups is 1. The predicted molar refractivity (Wildman–Crippen MR) is 370 cm³/mol. The van der Waals surface area contributed by atoms with E-state index >= 15 is 0 Å². The lowest BCUT2D eigenvalue weighted by molar-refractivity contribution is -0.138. The average molecular weight is 1540 g/mol. The molecule has 4 fully saturated rings. The Kier molecular flexibility index (Phi) is 27.8. The van der Waals surface area contributed by atoms with E-state index in [1.807, 2.05) is 34.1 Å². The van der Waals surface area contributed by atoms with E-state index in [1.54, 1.807) is 37.4 Å². The molecule has 21 nitrogen and oxygen atoms in total. The number of aromatic amines is 2. The number of H-pyrrole nitrogens is 2. The molecule has 0 amide bonds. The molecule has 4 aliphatic rings. The standard InChI is InChI=1S/C25H27F3N4O3S.C17H19F3N4O2S.C15H15F3N4O2S.C12H14F3NO/c1-3-35-24(33)22-23(32(30-29-22)16-17-4-10-20(34-2)11-5-17)36-21-12-14-31(15-13-21)19-8-6-18(7-9-19)25(26,27)28;1-2-26-16(25)14-15(22-23-21-14)27-13-7-9-24(10-8-13)12-5-3-11(4-6-12)17(18,19)20;16-15(17,18)9-1-3-10(4-2-9)22-7-5-11(6-8-22)25-13-12(14(23)24)19-21-20-13;13-12(14,15)9-1-3-10(4-2-9)16-7-5-11(17)6-8-16/h4-11,21H,3,12-16H2,1-2H3;3-6,13H,2,7-10H2,1H3,(H,21,22,23);1-4,11H,5-8H2,(H,23,24)(H,19,20,21);1-4,11,17H,5-8H2. The van der Waals surface area contributed by atoms with E-state index in [0.29, 0.717) is 73.7 Å². The number of hydrogen-bond acceptors (Lipinski definition) is 20. The summed E-state index contributed by atoms with van der Waals surface area (Å²) in [5.41, 5.74) is 1.78. The Hall–Kier alpha value is -8.90. The minimum Gasteiger partial charge on any atom is -0.497 e. The number of nitrogens with zero attached hydrogens (tertiary/aromatic N) is 11. The fourth-order valence-corrected chi connectivity index (χ4v) is 15.0. The van der Waals surface area contributed by atoms with E-state index < -0.39 is 64.9 Å². The van der Waals surface area contributed by atoms with Gasteiger partial charge in [-0.2, -0.15) is 63.1 Å². The van der Waals surface area contributed by atoms with Gasteiger partial charge >= 0.3 is 42.6 Å². The van der Waals surface area contributed by atoms with Crippen LogP contribution in [0, 0.1) is 0 Å². The molecular formula is C69H75F12N13O8S3. The zero-order valence-corrected chi connectivity index (χ0v) is 59.3. The predicted octanol–water partition coefficient (Wildman–Crippen LogP) is 15.0. The number of carboxylic acid groups (broad SMARTS) is 1. The van der Waals surface area contributed by atoms with E-state index in [0.717, 1.165) is 134 Å². The molecule has 105 heavy (non-hydrogen) atoms. The molecule has 36 heteroatoms. The molecule has 0 atom stereocenters. The number of anilines is 4. The summed E-state index contributed by atoms with van der Waals surface area (Å²) in [6, 6.07) is 28.4. The van der Waals surface area contributed by atoms with E-state index in [9.17, 15) is 72.2 Å². The second-order valence-electron chi connectivity index (χ2n) is 24.3. The van der Waals surface area contributed by atoms with Crippen LogP contribution >= 0.6 is 35.3 Å². The first kappa shape index (κ1) is 80.2. The number of rotatable bonds is 18. The maximum absolute atomic E-state index is 12.9. The Morgan fingerprint density at radius 1 is 0.457 bits per heavy atom. The van der Waals surface area contributed by atoms with Crippen LogP contribution in [0.3, 0.4) is 0 Å². The van der Waals surface area contributed by atoms with Gasteiger partial charge in [-0.05, 0) is 180 Å². The first-order chi connectivity index (χ1) is 50.0. The van der Waals surface area contributed by atoms with Crippen molar-refractivity contribution in [3.05, 3.63) is 166 Å². The smallest absolute Gasteiger partial charge is 0.416 e. The molecule has 5 aromatic carbocycles. The highest BCUT2D eigenvalue weighted by Gasteiger charge is 2.36. The van der Waals surface area contributed by atoms with Crippen LogP contribution < -0.4 is 24.3 Å². The van der Waals surface area contributed by atoms with Gasteiger partial charge in [0.25, 0.3) is 0 Å². The third-order valence-corrected chi connectivity index (χ3v) is 21.3. The summed E-state index contributed by atoms with van der Waals surface area (Å²) in [5.74, 6) is -1.39. The Balaban J connectivity index is 0.000000167. The van der Waals surface area contributed by atoms with Crippen LogP contribution in [-0.4, -0.2) is 168 Å². The number of carboxylic acids is 1. The lowest BCUT2D eigenvalue weighted by Gasteiger charge is -2.33. The molecule has 0 radical (unpaired) electrons. The van der Waals surface area contributed by atoms with Crippen molar-refractivity contribution in [2.24, 2.45) is 0 Å². The molecule has 12 rings (SSSR count). The molecule has 4 saturated heterocycles. The number of halogens is 12. The van der Waals surface area contributed by atoms with E-state index in [-0.39, 0.29) is 52.1 Å². The molecule has 8 aromatic rings. The molecule has 4 aliphatic heterocycles. The van der Waals surface area contributed by atoms with Crippen molar-refractivity contribution >= 4 is 75.9 Å². The van der Waals surface area contributed by atoms with Crippen LogP contribution in [0.5, 0.6) is 5.75 Å². The second-order valence-corrected chi connectivity index (χ2v) is 28.1. The van der Waals surface area contributed by atoms with E-state index in [1.165, 1.54) is 72.1 Å². The van der Waals surface area contributed by atoms with Gasteiger partial charge in [0, 0.05) is 90.9 Å². The number of piperidine rings is 4. The highest BCUT2D eigenvalue weighted by molar-refractivity contribution is 8.00. The summed E-state index contributed by atoms with van der Waals surface area (Å²) >= 11 is 4.39. The van der Waals surface area contributed by atoms with Gasteiger partial charge in [0.1, 0.15) is 10.8 Å². The monoisotopic (exact) mass is 1540 g/mol. The minimum absolute atomic E-state index is 0.0878. The van der Waals surface area contributed by atoms with E-state index in [4.69, 9.17) is 19.3 Å². The van der Waals surface area contributed by atoms with Crippen LogP contribution in [0.25, 0.3) is 0 Å². The van der Waals surface area contributed by atoms with Crippen LogP contribution in [0.15, 0.2) is 136 Å². The normalized spacial score (nSPS) is 15.9. The van der Waals surface area contributed by atoms with Crippen molar-refractivity contribution in [2.45, 2.75) is 133 Å². The number of ether oxygens (including phenoxy) is 3. The molecule has 0 bridgehead atoms. The van der Waals surface area contributed by atoms with Gasteiger partial charge in [-0.1, -0.05) is 40.9 Å². The Morgan fingerprint density at radius 2 is 0.781 bits per heavy atom. The fraction of sp³-hybridized carbons (Fsp3) is 0.435. The summed E-state index contributed by atoms with van der Waals surface area (Å²) < 4.78 is 169. The molecule has 0 aliphatic carbocycles. The lowest BCUT2D eigenvalue weighted by Crippen LogP contribution is -2.35. The third-order valence-electron chi connectivity index (χ3n) is 17.2. The number of carbonyl (C=O) groups excluding carboxylic acids is 2. The Morgan fingerprint density at radius 3 is 1.11 bits per heavy atom. The van der Waals surface area contributed by atoms with Gasteiger partial charge in [-0.15, -0.1) is 37.3 Å². The lowest BCUT2D eigenvalue weighted by atomic mass is 10.1. The first-order valence-corrected chi connectivity index (χ1v) is 35.9. The van der Waals surface area contributed by atoms with Gasteiger partial charge in [-0.25, -0.2) is 19.1 Å². The number of alkyl halides is 12. The molecule has 4 N–H and O–H groups in total. The zero-order valence-electron chi connectivity index (χ0n) is 56.8. The van der Waals surface area contributed by atoms with Crippen molar-refractivity contribution in [1.29, 1.82) is 0 Å². The molecular weight excluding hydrogens is 1460 g/mol. The number of hydrogen-bond donors (Lipinski definition) is 4. The van der Waals surface area contributed by atoms with E-state index in [2.05, 4.69) is 50.9 Å². The zero-order chi connectivity index (χ0) is 75.6. The number of aromatic carboxylic acids is 1. The highest BCUT2D eigenvalue weighted by atomic mass is 32.2. The van der Waals surface area contributed by atoms with Crippen molar-refractivity contribution < 1.29 is 91.5 Å². The highest BCUT2D eigenvalue weighted by Crippen LogP contribution is 2.40. The summed E-state index contributed by atoms with van der Waals surface area (Å²) in [6.45, 7) is 9.96. The van der Waals surface area contributed by atoms with Crippen LogP contribution in [-0.2, 0) is 40.7 Å². The number of aliphatic hydroxyl groups excluding tert-OH is 1. The molecule has 0 unspecified atom stereocenters. The number of aromatic nitrogens is 9. The minimum atomic E-state index is -4.35. The molecule has 566 valence electrons. The van der Waals surface area contributed by atoms with Crippen molar-refractivity contribution in [1.82, 2.24) is 45.8 Å². The number of methoxy groups -OCH3 is 1. The average Bonchev–Trinajstić information content (AvgIpc) is 1.56. The van der Waals surface area contributed by atoms with Crippen LogP contribution in [0.2, 0.25) is 0 Å². The number of thioether (sulfide) groups is 3. The second kappa shape index (κ2) is 36.4. The fourth-order valence-electron chi connectivity index (χ4n) is 11.6. The summed E-state index contributed by atoms with van der Waals surface area (Å²) in [7, 11) is 1.61. The molecule has 3 aromatic heterocycles. The van der Waals surface area contributed by atoms with Gasteiger partial charge < -0.3 is 44.0 Å².